The molecule has 0 saturated carbocycles. The minimum absolute atomic E-state index is 0.186. The van der Waals surface area contributed by atoms with Crippen molar-refractivity contribution >= 4 is 0 Å². The Kier molecular flexibility index (Phi) is 5.44. The van der Waals surface area contributed by atoms with E-state index in [4.69, 9.17) is 2.74 Å². The van der Waals surface area contributed by atoms with Gasteiger partial charge in [0.2, 0.25) is 0 Å². The molecule has 0 fully saturated rings. The van der Waals surface area contributed by atoms with Gasteiger partial charge in [-0.15, -0.1) is 0 Å². The number of hydrogen-bond donors (Lipinski definition) is 0. The molecule has 0 rings (SSSR count). The molecule has 0 aliphatic rings. The van der Waals surface area contributed by atoms with Crippen LogP contribution in [0.5, 0.6) is 0 Å². The van der Waals surface area contributed by atoms with Crippen LogP contribution in [0.1, 0.15) is 69.4 Å². The topological polar surface area (TPSA) is 0 Å². The van der Waals surface area contributed by atoms with Crippen LogP contribution in [0.15, 0.2) is 0 Å². The summed E-state index contributed by atoms with van der Waals surface area (Å²) in [5, 5.41) is 0. The van der Waals surface area contributed by atoms with Crippen molar-refractivity contribution in [3.8, 4) is 0 Å². The molecule has 0 N–H and O–H groups in total. The van der Waals surface area contributed by atoms with Crippen LogP contribution in [0.2, 0.25) is 0 Å². The fourth-order valence-corrected chi connectivity index (χ4v) is 1.18. The summed E-state index contributed by atoms with van der Waals surface area (Å²) in [5.74, 6) is 1.93. The first kappa shape index (κ1) is 9.55. The minimum Gasteiger partial charge on any atom is -0.0628 e. The van der Waals surface area contributed by atoms with Crippen molar-refractivity contribution in [2.45, 2.75) is 66.7 Å². The lowest BCUT2D eigenvalue weighted by Gasteiger charge is -2.14. The first-order valence-electron chi connectivity index (χ1n) is 6.84. The number of hydrogen-bond acceptors (Lipinski definition) is 0. The molecule has 0 aliphatic heterocycles. The van der Waals surface area contributed by atoms with E-state index in [2.05, 4.69) is 34.6 Å². The number of rotatable bonds is 7. The maximum atomic E-state index is 7.92. The van der Waals surface area contributed by atoms with Crippen LogP contribution < -0.4 is 0 Å². The zero-order valence-electron chi connectivity index (χ0n) is 12.0. The van der Waals surface area contributed by atoms with E-state index in [1.54, 1.807) is 0 Å². The normalized spacial score (nSPS) is 21.2. The molecule has 0 bridgehead atoms. The predicted octanol–water partition coefficient (Wildman–Crippen LogP) is 4.89. The summed E-state index contributed by atoms with van der Waals surface area (Å²) in [6, 6.07) is 0. The van der Waals surface area contributed by atoms with E-state index in [1.807, 2.05) is 0 Å². The monoisotopic (exact) mass is 186 g/mol. The van der Waals surface area contributed by atoms with Crippen LogP contribution >= 0.6 is 0 Å². The molecule has 3 atom stereocenters. The fraction of sp³-hybridized carbons (Fsp3) is 1.00. The van der Waals surface area contributed by atoms with Crippen molar-refractivity contribution in [3.05, 3.63) is 0 Å². The van der Waals surface area contributed by atoms with E-state index in [9.17, 15) is 0 Å². The van der Waals surface area contributed by atoms with E-state index in [1.165, 1.54) is 0 Å². The van der Waals surface area contributed by atoms with Gasteiger partial charge in [-0.1, -0.05) is 66.7 Å². The molecule has 80 valence electrons. The lowest BCUT2D eigenvalue weighted by atomic mass is 9.92. The van der Waals surface area contributed by atoms with Gasteiger partial charge in [-0.25, -0.2) is 0 Å². The van der Waals surface area contributed by atoms with Crippen LogP contribution in [-0.2, 0) is 0 Å². The average Bonchev–Trinajstić information content (AvgIpc) is 2.12. The predicted molar refractivity (Wildman–Crippen MR) is 61.9 cm³/mol. The Balaban J connectivity index is 3.77. The van der Waals surface area contributed by atoms with Gasteiger partial charge >= 0.3 is 0 Å². The van der Waals surface area contributed by atoms with Gasteiger partial charge in [0.05, 0.1) is 0 Å². The highest BCUT2D eigenvalue weighted by Gasteiger charge is 2.05. The van der Waals surface area contributed by atoms with Crippen LogP contribution in [0, 0.1) is 17.8 Å². The van der Waals surface area contributed by atoms with E-state index in [0.717, 1.165) is 19.3 Å². The van der Waals surface area contributed by atoms with Crippen LogP contribution in [-0.4, -0.2) is 0 Å². The van der Waals surface area contributed by atoms with Crippen LogP contribution in [0.3, 0.4) is 0 Å². The van der Waals surface area contributed by atoms with Gasteiger partial charge in [-0.3, -0.25) is 0 Å². The summed E-state index contributed by atoms with van der Waals surface area (Å²) in [7, 11) is 0. The van der Waals surface area contributed by atoms with Gasteiger partial charge in [0.15, 0.2) is 0 Å². The molecule has 0 aromatic rings. The lowest BCUT2D eigenvalue weighted by Crippen LogP contribution is -2.03. The largest absolute Gasteiger partial charge is 0.0628 e. The lowest BCUT2D eigenvalue weighted by molar-refractivity contribution is 0.372. The molecule has 0 aromatic heterocycles. The van der Waals surface area contributed by atoms with E-state index >= 15 is 0 Å². The van der Waals surface area contributed by atoms with Crippen molar-refractivity contribution in [1.82, 2.24) is 0 Å². The molecule has 2 unspecified atom stereocenters. The third kappa shape index (κ3) is 8.33. The molecule has 0 aromatic carbocycles. The van der Waals surface area contributed by atoms with Crippen molar-refractivity contribution in [2.24, 2.45) is 17.8 Å². The molecule has 0 aliphatic carbocycles. The third-order valence-electron chi connectivity index (χ3n) is 2.70. The molecule has 0 heterocycles. The van der Waals surface area contributed by atoms with Crippen LogP contribution in [0.4, 0.5) is 0 Å². The Bertz CT molecular complexity index is 155. The second-order valence-electron chi connectivity index (χ2n) is 4.90. The van der Waals surface area contributed by atoms with Gasteiger partial charge in [0, 0.05) is 2.74 Å². The molecule has 0 saturated heterocycles. The summed E-state index contributed by atoms with van der Waals surface area (Å²) in [5.41, 5.74) is 0. The smallest absolute Gasteiger partial charge is 0.0267 e. The zero-order chi connectivity index (χ0) is 12.0. The SMILES string of the molecule is [2H]C(CC[C@@H](C)C(C)C)C([2H])CC(C)C. The standard InChI is InChI=1S/C13H28/c1-11(2)9-7-6-8-10-13(5)12(3)4/h11-13H,6-10H2,1-5H3/t13-/m1/s1/i6D,7D/t6?,7?,13-. The van der Waals surface area contributed by atoms with Crippen molar-refractivity contribution < 1.29 is 2.74 Å². The average molecular weight is 186 g/mol. The van der Waals surface area contributed by atoms with Gasteiger partial charge in [-0.2, -0.15) is 0 Å². The Hall–Kier alpha value is 0. The third-order valence-corrected chi connectivity index (χ3v) is 2.70. The molecular formula is C13H28. The Labute approximate surface area is 87.9 Å². The molecular weight excluding hydrogens is 156 g/mol. The molecule has 0 spiro atoms. The highest BCUT2D eigenvalue weighted by atomic mass is 14.1. The van der Waals surface area contributed by atoms with E-state index in [-0.39, 0.29) is 12.8 Å². The molecule has 13 heavy (non-hydrogen) atoms. The molecule has 0 nitrogen and oxygen atoms in total. The Morgan fingerprint density at radius 1 is 0.923 bits per heavy atom. The van der Waals surface area contributed by atoms with Crippen LogP contribution in [0.25, 0.3) is 0 Å². The second kappa shape index (κ2) is 7.41. The minimum atomic E-state index is -0.190. The van der Waals surface area contributed by atoms with E-state index < -0.39 is 0 Å². The summed E-state index contributed by atoms with van der Waals surface area (Å²) in [6.07, 6.45) is 2.47. The highest BCUT2D eigenvalue weighted by molar-refractivity contribution is 4.57. The quantitative estimate of drug-likeness (QED) is 0.531. The highest BCUT2D eigenvalue weighted by Crippen LogP contribution is 2.18. The van der Waals surface area contributed by atoms with E-state index in [0.29, 0.717) is 17.8 Å². The summed E-state index contributed by atoms with van der Waals surface area (Å²) < 4.78 is 15.8. The maximum absolute atomic E-state index is 7.92. The fourth-order valence-electron chi connectivity index (χ4n) is 1.18. The summed E-state index contributed by atoms with van der Waals surface area (Å²) in [6.45, 7) is 11.0. The second-order valence-corrected chi connectivity index (χ2v) is 4.90. The van der Waals surface area contributed by atoms with Crippen molar-refractivity contribution in [1.29, 1.82) is 0 Å². The maximum Gasteiger partial charge on any atom is 0.0267 e. The molecule has 0 radical (unpaired) electrons. The Morgan fingerprint density at radius 3 is 2.00 bits per heavy atom. The summed E-state index contributed by atoms with van der Waals surface area (Å²) in [4.78, 5) is 0. The Morgan fingerprint density at radius 2 is 1.54 bits per heavy atom. The van der Waals surface area contributed by atoms with Crippen molar-refractivity contribution in [2.75, 3.05) is 0 Å². The first-order valence-corrected chi connectivity index (χ1v) is 5.69. The van der Waals surface area contributed by atoms with Gasteiger partial charge in [-0.05, 0) is 17.8 Å². The molecule has 0 amide bonds. The van der Waals surface area contributed by atoms with Gasteiger partial charge < -0.3 is 0 Å². The first-order chi connectivity index (χ1) is 6.84. The van der Waals surface area contributed by atoms with Gasteiger partial charge in [0.25, 0.3) is 0 Å². The summed E-state index contributed by atoms with van der Waals surface area (Å²) >= 11 is 0. The molecule has 0 heteroatoms. The zero-order valence-corrected chi connectivity index (χ0v) is 10.0. The van der Waals surface area contributed by atoms with Crippen molar-refractivity contribution in [3.63, 3.8) is 0 Å². The van der Waals surface area contributed by atoms with Gasteiger partial charge in [0.1, 0.15) is 0 Å².